The lowest BCUT2D eigenvalue weighted by Crippen LogP contribution is -2.12. The topological polar surface area (TPSA) is 87.9 Å². The number of benzene rings is 2. The molecular weight excluding hydrogens is 368 g/mol. The average molecular weight is 382 g/mol. The zero-order valence-electron chi connectivity index (χ0n) is 13.8. The van der Waals surface area contributed by atoms with Crippen LogP contribution in [-0.4, -0.2) is 23.2 Å². The van der Waals surface area contributed by atoms with Crippen molar-refractivity contribution in [1.82, 2.24) is 10.2 Å². The van der Waals surface area contributed by atoms with Crippen molar-refractivity contribution >= 4 is 34.1 Å². The number of nitrogens with one attached hydrogen (secondary N) is 1. The Labute approximate surface area is 158 Å². The Bertz CT molecular complexity index is 948. The zero-order valence-corrected chi connectivity index (χ0v) is 15.4. The first kappa shape index (κ1) is 17.9. The van der Waals surface area contributed by atoms with Gasteiger partial charge in [-0.05, 0) is 29.8 Å². The molecule has 6 nitrogen and oxygen atoms in total. The van der Waals surface area contributed by atoms with Gasteiger partial charge in [-0.15, -0.1) is 10.2 Å². The van der Waals surface area contributed by atoms with Gasteiger partial charge in [0.05, 0.1) is 24.3 Å². The maximum Gasteiger partial charge on any atom is 0.261 e. The summed E-state index contributed by atoms with van der Waals surface area (Å²) in [6, 6.07) is 16.5. The first-order valence-electron chi connectivity index (χ1n) is 7.59. The molecule has 130 valence electrons. The molecular formula is C18H14N4O2S2. The van der Waals surface area contributed by atoms with Crippen LogP contribution in [0.3, 0.4) is 0 Å². The lowest BCUT2D eigenvalue weighted by atomic mass is 10.2. The van der Waals surface area contributed by atoms with Crippen LogP contribution in [0.15, 0.2) is 52.9 Å². The second-order valence-electron chi connectivity index (χ2n) is 5.12. The monoisotopic (exact) mass is 382 g/mol. The molecule has 0 unspecified atom stereocenters. The SMILES string of the molecule is COc1ccccc1C(=O)Nc1nnc(SCc2ccc(C#N)cc2)s1. The summed E-state index contributed by atoms with van der Waals surface area (Å²) in [7, 11) is 1.52. The smallest absolute Gasteiger partial charge is 0.261 e. The summed E-state index contributed by atoms with van der Waals surface area (Å²) in [5.74, 6) is 0.924. The number of hydrogen-bond acceptors (Lipinski definition) is 7. The number of methoxy groups -OCH3 is 1. The van der Waals surface area contributed by atoms with Crippen molar-refractivity contribution in [2.24, 2.45) is 0 Å². The average Bonchev–Trinajstić information content (AvgIpc) is 3.14. The Morgan fingerprint density at radius 2 is 2.00 bits per heavy atom. The fourth-order valence-electron chi connectivity index (χ4n) is 2.14. The van der Waals surface area contributed by atoms with Crippen LogP contribution in [0.1, 0.15) is 21.5 Å². The normalized spacial score (nSPS) is 10.2. The Kier molecular flexibility index (Phi) is 5.84. The van der Waals surface area contributed by atoms with E-state index in [2.05, 4.69) is 21.6 Å². The Morgan fingerprint density at radius 1 is 1.23 bits per heavy atom. The van der Waals surface area contributed by atoms with E-state index in [0.717, 1.165) is 9.90 Å². The number of rotatable bonds is 6. The maximum absolute atomic E-state index is 12.4. The van der Waals surface area contributed by atoms with Crippen LogP contribution < -0.4 is 10.1 Å². The van der Waals surface area contributed by atoms with Crippen LogP contribution in [0.5, 0.6) is 5.75 Å². The third kappa shape index (κ3) is 4.39. The number of hydrogen-bond donors (Lipinski definition) is 1. The molecule has 0 radical (unpaired) electrons. The number of aromatic nitrogens is 2. The number of anilines is 1. The van der Waals surface area contributed by atoms with Gasteiger partial charge < -0.3 is 4.74 Å². The molecule has 0 spiro atoms. The molecule has 3 aromatic rings. The summed E-state index contributed by atoms with van der Waals surface area (Å²) in [4.78, 5) is 12.4. The van der Waals surface area contributed by atoms with Crippen LogP contribution in [0.4, 0.5) is 5.13 Å². The first-order chi connectivity index (χ1) is 12.7. The van der Waals surface area contributed by atoms with Gasteiger partial charge in [-0.1, -0.05) is 47.4 Å². The molecule has 1 N–H and O–H groups in total. The van der Waals surface area contributed by atoms with Crippen LogP contribution >= 0.6 is 23.1 Å². The molecule has 0 saturated carbocycles. The largest absolute Gasteiger partial charge is 0.496 e. The number of carbonyl (C=O) groups excluding carboxylic acids is 1. The van der Waals surface area contributed by atoms with Gasteiger partial charge in [0.15, 0.2) is 4.34 Å². The summed E-state index contributed by atoms with van der Waals surface area (Å²) in [6.45, 7) is 0. The number of thioether (sulfide) groups is 1. The van der Waals surface area contributed by atoms with E-state index in [0.29, 0.717) is 27.8 Å². The highest BCUT2D eigenvalue weighted by atomic mass is 32.2. The minimum atomic E-state index is -0.290. The molecule has 0 bridgehead atoms. The second-order valence-corrected chi connectivity index (χ2v) is 7.32. The minimum absolute atomic E-state index is 0.290. The second kappa shape index (κ2) is 8.47. The van der Waals surface area contributed by atoms with E-state index in [4.69, 9.17) is 10.00 Å². The maximum atomic E-state index is 12.4. The number of amides is 1. The van der Waals surface area contributed by atoms with E-state index in [1.807, 2.05) is 12.1 Å². The third-order valence-corrected chi connectivity index (χ3v) is 5.47. The highest BCUT2D eigenvalue weighted by molar-refractivity contribution is 8.00. The van der Waals surface area contributed by atoms with E-state index in [1.54, 1.807) is 36.4 Å². The van der Waals surface area contributed by atoms with E-state index >= 15 is 0 Å². The number of para-hydroxylation sites is 1. The molecule has 1 aromatic heterocycles. The van der Waals surface area contributed by atoms with Gasteiger partial charge in [0.2, 0.25) is 5.13 Å². The van der Waals surface area contributed by atoms with Crippen molar-refractivity contribution in [3.05, 3.63) is 65.2 Å². The van der Waals surface area contributed by atoms with Gasteiger partial charge in [-0.25, -0.2) is 0 Å². The molecule has 0 aliphatic carbocycles. The molecule has 0 atom stereocenters. The molecule has 26 heavy (non-hydrogen) atoms. The predicted octanol–water partition coefficient (Wildman–Crippen LogP) is 3.96. The Morgan fingerprint density at radius 3 is 2.73 bits per heavy atom. The quantitative estimate of drug-likeness (QED) is 0.513. The van der Waals surface area contributed by atoms with E-state index in [1.165, 1.54) is 30.2 Å². The molecule has 0 aliphatic rings. The van der Waals surface area contributed by atoms with Crippen molar-refractivity contribution in [3.8, 4) is 11.8 Å². The molecule has 0 fully saturated rings. The van der Waals surface area contributed by atoms with E-state index in [9.17, 15) is 4.79 Å². The van der Waals surface area contributed by atoms with Gasteiger partial charge in [0, 0.05) is 5.75 Å². The standard InChI is InChI=1S/C18H14N4O2S2/c1-24-15-5-3-2-4-14(15)16(23)20-17-21-22-18(26-17)25-11-13-8-6-12(10-19)7-9-13/h2-9H,11H2,1H3,(H,20,21,23). The van der Waals surface area contributed by atoms with Crippen molar-refractivity contribution in [2.45, 2.75) is 10.1 Å². The Hall–Kier alpha value is -2.89. The zero-order chi connectivity index (χ0) is 18.4. The number of nitriles is 1. The van der Waals surface area contributed by atoms with Crippen molar-refractivity contribution in [3.63, 3.8) is 0 Å². The number of ether oxygens (including phenoxy) is 1. The minimum Gasteiger partial charge on any atom is -0.496 e. The van der Waals surface area contributed by atoms with E-state index in [-0.39, 0.29) is 5.91 Å². The summed E-state index contributed by atoms with van der Waals surface area (Å²) < 4.78 is 5.95. The van der Waals surface area contributed by atoms with Crippen molar-refractivity contribution in [1.29, 1.82) is 5.26 Å². The van der Waals surface area contributed by atoms with Gasteiger partial charge in [-0.2, -0.15) is 5.26 Å². The highest BCUT2D eigenvalue weighted by Gasteiger charge is 2.14. The third-order valence-electron chi connectivity index (χ3n) is 3.42. The van der Waals surface area contributed by atoms with Crippen molar-refractivity contribution in [2.75, 3.05) is 12.4 Å². The number of nitrogens with zero attached hydrogens (tertiary/aromatic N) is 3. The van der Waals surface area contributed by atoms with Crippen LogP contribution in [0.25, 0.3) is 0 Å². The molecule has 0 saturated heterocycles. The van der Waals surface area contributed by atoms with Gasteiger partial charge >= 0.3 is 0 Å². The van der Waals surface area contributed by atoms with E-state index < -0.39 is 0 Å². The summed E-state index contributed by atoms with van der Waals surface area (Å²) in [5.41, 5.74) is 2.16. The summed E-state index contributed by atoms with van der Waals surface area (Å²) in [5, 5.41) is 20.1. The highest BCUT2D eigenvalue weighted by Crippen LogP contribution is 2.29. The first-order valence-corrected chi connectivity index (χ1v) is 9.39. The fraction of sp³-hybridized carbons (Fsp3) is 0.111. The predicted molar refractivity (Wildman–Crippen MR) is 102 cm³/mol. The van der Waals surface area contributed by atoms with Crippen LogP contribution in [0, 0.1) is 11.3 Å². The van der Waals surface area contributed by atoms with Gasteiger partial charge in [-0.3, -0.25) is 10.1 Å². The van der Waals surface area contributed by atoms with Gasteiger partial charge in [0.1, 0.15) is 5.75 Å². The van der Waals surface area contributed by atoms with Crippen LogP contribution in [-0.2, 0) is 5.75 Å². The number of carbonyl (C=O) groups is 1. The van der Waals surface area contributed by atoms with Crippen LogP contribution in [0.2, 0.25) is 0 Å². The molecule has 1 amide bonds. The molecule has 1 heterocycles. The lowest BCUT2D eigenvalue weighted by molar-refractivity contribution is 0.102. The molecule has 8 heteroatoms. The summed E-state index contributed by atoms with van der Waals surface area (Å²) >= 11 is 2.84. The molecule has 3 rings (SSSR count). The van der Waals surface area contributed by atoms with Crippen molar-refractivity contribution < 1.29 is 9.53 Å². The molecule has 0 aliphatic heterocycles. The summed E-state index contributed by atoms with van der Waals surface area (Å²) in [6.07, 6.45) is 0. The molecule has 2 aromatic carbocycles. The Balaban J connectivity index is 1.60. The fourth-order valence-corrected chi connectivity index (χ4v) is 3.84. The van der Waals surface area contributed by atoms with Gasteiger partial charge in [0.25, 0.3) is 5.91 Å². The lowest BCUT2D eigenvalue weighted by Gasteiger charge is -2.06.